The lowest BCUT2D eigenvalue weighted by atomic mass is 10.2. The van der Waals surface area contributed by atoms with Crippen LogP contribution in [0.1, 0.15) is 17.4 Å². The van der Waals surface area contributed by atoms with Crippen molar-refractivity contribution in [1.29, 1.82) is 0 Å². The maximum Gasteiger partial charge on any atom is 0.272 e. The van der Waals surface area contributed by atoms with Crippen molar-refractivity contribution in [3.8, 4) is 0 Å². The Hall–Kier alpha value is -2.18. The molecule has 1 aliphatic rings. The molecule has 0 spiro atoms. The van der Waals surface area contributed by atoms with E-state index in [2.05, 4.69) is 27.1 Å². The Morgan fingerprint density at radius 2 is 1.88 bits per heavy atom. The first-order chi connectivity index (χ1) is 11.7. The van der Waals surface area contributed by atoms with Crippen molar-refractivity contribution in [2.45, 2.75) is 6.92 Å². The lowest BCUT2D eigenvalue weighted by Crippen LogP contribution is -2.48. The molecule has 6 nitrogen and oxygen atoms in total. The second-order valence-corrected chi connectivity index (χ2v) is 6.06. The Morgan fingerprint density at radius 3 is 2.54 bits per heavy atom. The van der Waals surface area contributed by atoms with Crippen LogP contribution < -0.4 is 5.32 Å². The molecule has 3 rings (SSSR count). The van der Waals surface area contributed by atoms with E-state index in [0.29, 0.717) is 16.7 Å². The summed E-state index contributed by atoms with van der Waals surface area (Å²) < 4.78 is 0. The quantitative estimate of drug-likeness (QED) is 0.923. The van der Waals surface area contributed by atoms with E-state index in [0.717, 1.165) is 38.4 Å². The van der Waals surface area contributed by atoms with Crippen LogP contribution in [0.2, 0.25) is 5.02 Å². The highest BCUT2D eigenvalue weighted by molar-refractivity contribution is 6.30. The van der Waals surface area contributed by atoms with Crippen molar-refractivity contribution in [2.75, 3.05) is 38.0 Å². The number of likely N-dealkylation sites (N-methyl/N-ethyl adjacent to an activating group) is 1. The number of nitrogens with one attached hydrogen (secondary N) is 1. The van der Waals surface area contributed by atoms with Crippen LogP contribution in [0.15, 0.2) is 36.5 Å². The molecule has 1 aromatic carbocycles. The van der Waals surface area contributed by atoms with Crippen LogP contribution in [0.3, 0.4) is 0 Å². The van der Waals surface area contributed by atoms with Crippen LogP contribution in [0.25, 0.3) is 0 Å². The maximum atomic E-state index is 12.6. The summed E-state index contributed by atoms with van der Waals surface area (Å²) in [4.78, 5) is 25.3. The Bertz CT molecular complexity index is 698. The average Bonchev–Trinajstić information content (AvgIpc) is 2.63. The largest absolute Gasteiger partial charge is 0.335 e. The third-order valence-electron chi connectivity index (χ3n) is 4.08. The highest BCUT2D eigenvalue weighted by Crippen LogP contribution is 2.17. The number of piperazine rings is 1. The maximum absolute atomic E-state index is 12.6. The minimum Gasteiger partial charge on any atom is -0.335 e. The third-order valence-corrected chi connectivity index (χ3v) is 4.33. The van der Waals surface area contributed by atoms with E-state index >= 15 is 0 Å². The monoisotopic (exact) mass is 345 g/mol. The number of anilines is 2. The molecule has 2 aromatic rings. The number of halogens is 1. The Balaban J connectivity index is 1.68. The van der Waals surface area contributed by atoms with Gasteiger partial charge >= 0.3 is 0 Å². The molecule has 1 saturated heterocycles. The van der Waals surface area contributed by atoms with Crippen LogP contribution in [-0.2, 0) is 0 Å². The van der Waals surface area contributed by atoms with Gasteiger partial charge in [0.25, 0.3) is 5.91 Å². The van der Waals surface area contributed by atoms with Crippen molar-refractivity contribution in [3.05, 3.63) is 47.2 Å². The van der Waals surface area contributed by atoms with Crippen molar-refractivity contribution < 1.29 is 4.79 Å². The molecule has 0 aliphatic carbocycles. The first kappa shape index (κ1) is 16.7. The normalized spacial score (nSPS) is 15.3. The summed E-state index contributed by atoms with van der Waals surface area (Å²) in [5.74, 6) is 0.350. The minimum atomic E-state index is -0.0488. The van der Waals surface area contributed by atoms with Gasteiger partial charge in [0.05, 0.1) is 0 Å². The van der Waals surface area contributed by atoms with Gasteiger partial charge in [0, 0.05) is 43.1 Å². The lowest BCUT2D eigenvalue weighted by molar-refractivity contribution is 0.0637. The molecule has 1 aliphatic heterocycles. The SMILES string of the molecule is CCN1CCN(C(=O)c2ccnc(Nc3ccc(Cl)cc3)n2)CC1. The molecule has 0 atom stereocenters. The van der Waals surface area contributed by atoms with Crippen molar-refractivity contribution >= 4 is 29.1 Å². The van der Waals surface area contributed by atoms with Gasteiger partial charge in [-0.3, -0.25) is 4.79 Å². The van der Waals surface area contributed by atoms with E-state index in [1.54, 1.807) is 24.4 Å². The second kappa shape index (κ2) is 7.59. The molecule has 0 bridgehead atoms. The first-order valence-electron chi connectivity index (χ1n) is 8.03. The predicted molar refractivity (Wildman–Crippen MR) is 94.8 cm³/mol. The van der Waals surface area contributed by atoms with Crippen molar-refractivity contribution in [3.63, 3.8) is 0 Å². The summed E-state index contributed by atoms with van der Waals surface area (Å²) in [7, 11) is 0. The fraction of sp³-hybridized carbons (Fsp3) is 0.353. The van der Waals surface area contributed by atoms with E-state index in [1.807, 2.05) is 17.0 Å². The summed E-state index contributed by atoms with van der Waals surface area (Å²) in [6.07, 6.45) is 1.60. The van der Waals surface area contributed by atoms with Crippen LogP contribution in [0.5, 0.6) is 0 Å². The van der Waals surface area contributed by atoms with Gasteiger partial charge in [-0.05, 0) is 36.9 Å². The summed E-state index contributed by atoms with van der Waals surface area (Å²) >= 11 is 5.88. The van der Waals surface area contributed by atoms with Gasteiger partial charge in [0.1, 0.15) is 5.69 Å². The summed E-state index contributed by atoms with van der Waals surface area (Å²) in [6, 6.07) is 8.90. The minimum absolute atomic E-state index is 0.0488. The van der Waals surface area contributed by atoms with E-state index < -0.39 is 0 Å². The number of benzene rings is 1. The van der Waals surface area contributed by atoms with Gasteiger partial charge in [-0.2, -0.15) is 0 Å². The number of rotatable bonds is 4. The van der Waals surface area contributed by atoms with Crippen molar-refractivity contribution in [1.82, 2.24) is 19.8 Å². The fourth-order valence-electron chi connectivity index (χ4n) is 2.63. The predicted octanol–water partition coefficient (Wildman–Crippen LogP) is 2.65. The number of carbonyl (C=O) groups excluding carboxylic acids is 1. The molecule has 1 N–H and O–H groups in total. The number of aromatic nitrogens is 2. The zero-order chi connectivity index (χ0) is 16.9. The molecule has 7 heteroatoms. The third kappa shape index (κ3) is 4.01. The van der Waals surface area contributed by atoms with Gasteiger partial charge in [-0.1, -0.05) is 18.5 Å². The van der Waals surface area contributed by atoms with Crippen LogP contribution in [0.4, 0.5) is 11.6 Å². The molecular formula is C17H20ClN5O. The van der Waals surface area contributed by atoms with E-state index in [1.165, 1.54) is 0 Å². The second-order valence-electron chi connectivity index (χ2n) is 5.62. The summed E-state index contributed by atoms with van der Waals surface area (Å²) in [5.41, 5.74) is 1.23. The zero-order valence-corrected chi connectivity index (χ0v) is 14.3. The molecule has 24 heavy (non-hydrogen) atoms. The van der Waals surface area contributed by atoms with Crippen LogP contribution in [-0.4, -0.2) is 58.4 Å². The molecule has 126 valence electrons. The van der Waals surface area contributed by atoms with Crippen molar-refractivity contribution in [2.24, 2.45) is 0 Å². The summed E-state index contributed by atoms with van der Waals surface area (Å²) in [5, 5.41) is 3.75. The van der Waals surface area contributed by atoms with Gasteiger partial charge in [-0.15, -0.1) is 0 Å². The smallest absolute Gasteiger partial charge is 0.272 e. The molecule has 2 heterocycles. The number of carbonyl (C=O) groups is 1. The van der Waals surface area contributed by atoms with E-state index in [4.69, 9.17) is 11.6 Å². The van der Waals surface area contributed by atoms with E-state index in [9.17, 15) is 4.79 Å². The van der Waals surface area contributed by atoms with Gasteiger partial charge < -0.3 is 15.1 Å². The lowest BCUT2D eigenvalue weighted by Gasteiger charge is -2.33. The Morgan fingerprint density at radius 1 is 1.17 bits per heavy atom. The number of amides is 1. The first-order valence-corrected chi connectivity index (χ1v) is 8.41. The Kier molecular flexibility index (Phi) is 5.27. The number of hydrogen-bond donors (Lipinski definition) is 1. The fourth-order valence-corrected chi connectivity index (χ4v) is 2.76. The number of nitrogens with zero attached hydrogens (tertiary/aromatic N) is 4. The molecular weight excluding hydrogens is 326 g/mol. The molecule has 0 radical (unpaired) electrons. The van der Waals surface area contributed by atoms with Gasteiger partial charge in [0.2, 0.25) is 5.95 Å². The van der Waals surface area contributed by atoms with Crippen LogP contribution in [0, 0.1) is 0 Å². The van der Waals surface area contributed by atoms with E-state index in [-0.39, 0.29) is 5.91 Å². The average molecular weight is 346 g/mol. The van der Waals surface area contributed by atoms with Gasteiger partial charge in [-0.25, -0.2) is 9.97 Å². The Labute approximate surface area is 146 Å². The summed E-state index contributed by atoms with van der Waals surface area (Å²) in [6.45, 7) is 6.43. The molecule has 0 unspecified atom stereocenters. The standard InChI is InChI=1S/C17H20ClN5O/c1-2-22-9-11-23(12-10-22)16(24)15-7-8-19-17(21-15)20-14-5-3-13(18)4-6-14/h3-8H,2,9-12H2,1H3,(H,19,20,21). The molecule has 1 fully saturated rings. The molecule has 1 amide bonds. The van der Waals surface area contributed by atoms with Gasteiger partial charge in [0.15, 0.2) is 0 Å². The highest BCUT2D eigenvalue weighted by atomic mass is 35.5. The molecule has 0 saturated carbocycles. The van der Waals surface area contributed by atoms with Crippen LogP contribution >= 0.6 is 11.6 Å². The zero-order valence-electron chi connectivity index (χ0n) is 13.6. The molecule has 1 aromatic heterocycles. The number of hydrogen-bond acceptors (Lipinski definition) is 5. The topological polar surface area (TPSA) is 61.4 Å². The highest BCUT2D eigenvalue weighted by Gasteiger charge is 2.22.